The molecule has 0 amide bonds. The summed E-state index contributed by atoms with van der Waals surface area (Å²) in [5, 5.41) is 21.5. The summed E-state index contributed by atoms with van der Waals surface area (Å²) in [6.07, 6.45) is 4.15. The number of rotatable bonds is 10. The number of ether oxygens (including phenoxy) is 1. The second kappa shape index (κ2) is 12.4. The standard InChI is InChI=1S/C20H28N4O.C4H4O4/c1-5-24(6-2)11-7-10-21-20-18-16-12-15(25-4)8-9-17(16)23-19(18)14(3)13-22-20;5-3(6)1-2-4(7)8/h8-9,12-13,23H,5-7,10-11H2,1-4H3,(H,21,22);1-2H,(H,5,6)(H,7,8)/b;2-1-. The van der Waals surface area contributed by atoms with E-state index < -0.39 is 11.9 Å². The van der Waals surface area contributed by atoms with Gasteiger partial charge in [0.05, 0.1) is 18.0 Å². The highest BCUT2D eigenvalue weighted by Gasteiger charge is 2.13. The Bertz CT molecular complexity index is 1100. The maximum absolute atomic E-state index is 9.55. The molecule has 0 fully saturated rings. The third-order valence-electron chi connectivity index (χ3n) is 5.23. The molecule has 178 valence electrons. The van der Waals surface area contributed by atoms with Gasteiger partial charge >= 0.3 is 11.9 Å². The van der Waals surface area contributed by atoms with Crippen LogP contribution in [-0.2, 0) is 9.59 Å². The van der Waals surface area contributed by atoms with Gasteiger partial charge < -0.3 is 30.2 Å². The molecule has 0 spiro atoms. The molecule has 0 saturated carbocycles. The molecule has 0 saturated heterocycles. The van der Waals surface area contributed by atoms with E-state index in [2.05, 4.69) is 53.1 Å². The van der Waals surface area contributed by atoms with Crippen LogP contribution < -0.4 is 10.1 Å². The second-order valence-corrected chi connectivity index (χ2v) is 7.39. The van der Waals surface area contributed by atoms with Crippen LogP contribution in [0.2, 0.25) is 0 Å². The quantitative estimate of drug-likeness (QED) is 0.267. The molecule has 9 heteroatoms. The summed E-state index contributed by atoms with van der Waals surface area (Å²) in [7, 11) is 1.70. The Morgan fingerprint density at radius 3 is 2.42 bits per heavy atom. The zero-order chi connectivity index (χ0) is 24.4. The molecule has 4 N–H and O–H groups in total. The zero-order valence-electron chi connectivity index (χ0n) is 19.5. The number of benzene rings is 1. The van der Waals surface area contributed by atoms with Gasteiger partial charge in [0.1, 0.15) is 11.6 Å². The van der Waals surface area contributed by atoms with E-state index in [0.29, 0.717) is 12.2 Å². The molecule has 3 rings (SSSR count). The van der Waals surface area contributed by atoms with Crippen molar-refractivity contribution in [1.82, 2.24) is 14.9 Å². The van der Waals surface area contributed by atoms with Crippen molar-refractivity contribution in [2.75, 3.05) is 38.6 Å². The lowest BCUT2D eigenvalue weighted by atomic mass is 10.1. The Morgan fingerprint density at radius 2 is 1.85 bits per heavy atom. The van der Waals surface area contributed by atoms with Crippen LogP contribution in [0.4, 0.5) is 5.82 Å². The van der Waals surface area contributed by atoms with Gasteiger partial charge in [-0.05, 0) is 56.7 Å². The summed E-state index contributed by atoms with van der Waals surface area (Å²) in [5.41, 5.74) is 3.40. The number of nitrogens with zero attached hydrogens (tertiary/aromatic N) is 2. The molecule has 2 heterocycles. The van der Waals surface area contributed by atoms with E-state index in [1.807, 2.05) is 12.3 Å². The molecule has 0 aliphatic heterocycles. The summed E-state index contributed by atoms with van der Waals surface area (Å²) >= 11 is 0. The van der Waals surface area contributed by atoms with Crippen LogP contribution in [0.25, 0.3) is 21.8 Å². The second-order valence-electron chi connectivity index (χ2n) is 7.39. The fourth-order valence-corrected chi connectivity index (χ4v) is 3.46. The van der Waals surface area contributed by atoms with Crippen molar-refractivity contribution < 1.29 is 24.5 Å². The smallest absolute Gasteiger partial charge is 0.328 e. The normalized spacial score (nSPS) is 11.1. The minimum Gasteiger partial charge on any atom is -0.497 e. The number of methoxy groups -OCH3 is 1. The molecule has 0 unspecified atom stereocenters. The minimum atomic E-state index is -1.26. The van der Waals surface area contributed by atoms with Gasteiger partial charge in [0.25, 0.3) is 0 Å². The van der Waals surface area contributed by atoms with Crippen LogP contribution in [0.15, 0.2) is 36.5 Å². The number of aromatic nitrogens is 2. The highest BCUT2D eigenvalue weighted by Crippen LogP contribution is 2.34. The lowest BCUT2D eigenvalue weighted by Crippen LogP contribution is -2.25. The molecule has 0 aliphatic rings. The average Bonchev–Trinajstić information content (AvgIpc) is 3.19. The largest absolute Gasteiger partial charge is 0.497 e. The molecule has 0 radical (unpaired) electrons. The van der Waals surface area contributed by atoms with Crippen LogP contribution in [0, 0.1) is 6.92 Å². The number of carboxylic acid groups (broad SMARTS) is 2. The molecule has 3 aromatic rings. The molecular formula is C24H32N4O5. The van der Waals surface area contributed by atoms with Crippen molar-refractivity contribution in [3.8, 4) is 5.75 Å². The molecule has 1 aromatic carbocycles. The van der Waals surface area contributed by atoms with E-state index in [-0.39, 0.29) is 0 Å². The number of anilines is 1. The molecule has 0 aliphatic carbocycles. The van der Waals surface area contributed by atoms with Crippen LogP contribution in [-0.4, -0.2) is 70.3 Å². The number of fused-ring (bicyclic) bond motifs is 3. The van der Waals surface area contributed by atoms with Crippen molar-refractivity contribution in [3.05, 3.63) is 42.1 Å². The van der Waals surface area contributed by atoms with Crippen LogP contribution in [0.1, 0.15) is 25.8 Å². The highest BCUT2D eigenvalue weighted by atomic mass is 16.5. The number of pyridine rings is 1. The number of aromatic amines is 1. The number of carboxylic acids is 2. The number of H-pyrrole nitrogens is 1. The first-order chi connectivity index (χ1) is 15.8. The van der Waals surface area contributed by atoms with E-state index in [4.69, 9.17) is 14.9 Å². The van der Waals surface area contributed by atoms with E-state index in [0.717, 1.165) is 71.5 Å². The average molecular weight is 457 g/mol. The first-order valence-electron chi connectivity index (χ1n) is 10.9. The Labute approximate surface area is 193 Å². The summed E-state index contributed by atoms with van der Waals surface area (Å²) in [6, 6.07) is 6.13. The molecular weight excluding hydrogens is 424 g/mol. The number of carbonyl (C=O) groups is 2. The third kappa shape index (κ3) is 7.21. The molecule has 9 nitrogen and oxygen atoms in total. The summed E-state index contributed by atoms with van der Waals surface area (Å²) < 4.78 is 5.40. The van der Waals surface area contributed by atoms with E-state index >= 15 is 0 Å². The monoisotopic (exact) mass is 456 g/mol. The van der Waals surface area contributed by atoms with Crippen molar-refractivity contribution in [1.29, 1.82) is 0 Å². The Morgan fingerprint density at radius 1 is 1.18 bits per heavy atom. The summed E-state index contributed by atoms with van der Waals surface area (Å²) in [4.78, 5) is 29.7. The van der Waals surface area contributed by atoms with Gasteiger partial charge in [-0.1, -0.05) is 13.8 Å². The van der Waals surface area contributed by atoms with Crippen LogP contribution in [0.3, 0.4) is 0 Å². The van der Waals surface area contributed by atoms with Gasteiger partial charge in [-0.3, -0.25) is 0 Å². The maximum Gasteiger partial charge on any atom is 0.328 e. The van der Waals surface area contributed by atoms with Crippen molar-refractivity contribution in [3.63, 3.8) is 0 Å². The number of aliphatic carboxylic acids is 2. The molecule has 2 aromatic heterocycles. The van der Waals surface area contributed by atoms with Gasteiger partial charge in [-0.25, -0.2) is 14.6 Å². The first kappa shape index (κ1) is 25.7. The van der Waals surface area contributed by atoms with Gasteiger partial charge in [-0.2, -0.15) is 0 Å². The lowest BCUT2D eigenvalue weighted by Gasteiger charge is -2.18. The predicted octanol–water partition coefficient (Wildman–Crippen LogP) is 3.89. The first-order valence-corrected chi connectivity index (χ1v) is 10.9. The SMILES string of the molecule is CCN(CC)CCCNc1ncc(C)c2[nH]c3ccc(OC)cc3c12.O=C(O)/C=C\C(=O)O. The number of nitrogens with one attached hydrogen (secondary N) is 2. The fraction of sp³-hybridized carbons (Fsp3) is 0.375. The molecule has 33 heavy (non-hydrogen) atoms. The van der Waals surface area contributed by atoms with Gasteiger partial charge in [0.2, 0.25) is 0 Å². The van der Waals surface area contributed by atoms with E-state index in [9.17, 15) is 9.59 Å². The van der Waals surface area contributed by atoms with Crippen LogP contribution >= 0.6 is 0 Å². The summed E-state index contributed by atoms with van der Waals surface area (Å²) in [5.74, 6) is -0.707. The van der Waals surface area contributed by atoms with Gasteiger partial charge in [0, 0.05) is 35.8 Å². The Balaban J connectivity index is 0.000000414. The molecule has 0 bridgehead atoms. The van der Waals surface area contributed by atoms with Gasteiger partial charge in [-0.15, -0.1) is 0 Å². The number of aryl methyl sites for hydroxylation is 1. The van der Waals surface area contributed by atoms with Crippen LogP contribution in [0.5, 0.6) is 5.75 Å². The van der Waals surface area contributed by atoms with Crippen molar-refractivity contribution in [2.24, 2.45) is 0 Å². The van der Waals surface area contributed by atoms with Gasteiger partial charge in [0.15, 0.2) is 0 Å². The van der Waals surface area contributed by atoms with Crippen molar-refractivity contribution >= 4 is 39.6 Å². The maximum atomic E-state index is 9.55. The Hall–Kier alpha value is -3.59. The topological polar surface area (TPSA) is 128 Å². The van der Waals surface area contributed by atoms with Crippen molar-refractivity contribution in [2.45, 2.75) is 27.2 Å². The fourth-order valence-electron chi connectivity index (χ4n) is 3.46. The third-order valence-corrected chi connectivity index (χ3v) is 5.23. The predicted molar refractivity (Wildman–Crippen MR) is 130 cm³/mol. The number of hydrogen-bond acceptors (Lipinski definition) is 6. The lowest BCUT2D eigenvalue weighted by molar-refractivity contribution is -0.134. The number of hydrogen-bond donors (Lipinski definition) is 4. The Kier molecular flexibility index (Phi) is 9.68. The molecule has 0 atom stereocenters. The minimum absolute atomic E-state index is 0.558. The highest BCUT2D eigenvalue weighted by molar-refractivity contribution is 6.13. The summed E-state index contributed by atoms with van der Waals surface area (Å²) in [6.45, 7) is 10.7. The van der Waals surface area contributed by atoms with E-state index in [1.165, 1.54) is 0 Å². The van der Waals surface area contributed by atoms with E-state index in [1.54, 1.807) is 7.11 Å². The zero-order valence-corrected chi connectivity index (χ0v) is 19.5.